The average molecular weight is 394 g/mol. The Hall–Kier alpha value is -2.48. The van der Waals surface area contributed by atoms with Crippen molar-refractivity contribution in [3.8, 4) is 0 Å². The molecule has 2 aromatic rings. The number of alkyl halides is 3. The van der Waals surface area contributed by atoms with E-state index in [0.717, 1.165) is 42.5 Å². The van der Waals surface area contributed by atoms with Crippen LogP contribution in [0.2, 0.25) is 0 Å². The zero-order valence-electron chi connectivity index (χ0n) is 15.4. The molecule has 0 bridgehead atoms. The minimum absolute atomic E-state index is 0.0399. The zero-order chi connectivity index (χ0) is 20.3. The molecule has 0 aliphatic carbocycles. The molecule has 0 unspecified atom stereocenters. The van der Waals surface area contributed by atoms with Crippen molar-refractivity contribution < 1.29 is 27.8 Å². The van der Waals surface area contributed by atoms with Gasteiger partial charge in [0.15, 0.2) is 5.69 Å². The van der Waals surface area contributed by atoms with Crippen LogP contribution in [0.4, 0.5) is 13.2 Å². The zero-order valence-corrected chi connectivity index (χ0v) is 15.4. The monoisotopic (exact) mass is 394 g/mol. The maximum Gasteiger partial charge on any atom is 0.416 e. The standard InChI is InChI=1S/C20H21F3N2O3/c1-12-14(11-24-25-18(12)19(26)27)7-10-16-3-2-4-17(28-16)13-5-8-15(9-6-13)20(21,22)23/h5-6,8-9,11,16-17H,2-4,7,10H2,1H3,(H,26,27)/t16-,17+/m1/s1. The van der Waals surface area contributed by atoms with E-state index in [2.05, 4.69) is 10.2 Å². The third-order valence-electron chi connectivity index (χ3n) is 5.11. The van der Waals surface area contributed by atoms with Gasteiger partial charge in [-0.1, -0.05) is 12.1 Å². The first kappa shape index (κ1) is 20.3. The summed E-state index contributed by atoms with van der Waals surface area (Å²) in [5.41, 5.74) is 1.43. The van der Waals surface area contributed by atoms with Gasteiger partial charge in [0.05, 0.1) is 24.0 Å². The molecule has 1 aliphatic rings. The number of carboxylic acids is 1. The van der Waals surface area contributed by atoms with Crippen LogP contribution < -0.4 is 0 Å². The van der Waals surface area contributed by atoms with Crippen LogP contribution in [0.15, 0.2) is 30.5 Å². The second-order valence-corrected chi connectivity index (χ2v) is 6.98. The summed E-state index contributed by atoms with van der Waals surface area (Å²) < 4.78 is 44.3. The van der Waals surface area contributed by atoms with Crippen molar-refractivity contribution >= 4 is 5.97 Å². The Morgan fingerprint density at radius 1 is 1.25 bits per heavy atom. The van der Waals surface area contributed by atoms with Gasteiger partial charge in [0.25, 0.3) is 0 Å². The molecule has 28 heavy (non-hydrogen) atoms. The number of hydrogen-bond acceptors (Lipinski definition) is 4. The SMILES string of the molecule is Cc1c(CC[C@H]2CCC[C@@H](c3ccc(C(F)(F)F)cc3)O2)cnnc1C(=O)O. The number of aromatic nitrogens is 2. The third-order valence-corrected chi connectivity index (χ3v) is 5.11. The molecule has 3 rings (SSSR count). The molecule has 150 valence electrons. The Balaban J connectivity index is 1.63. The molecule has 5 nitrogen and oxygen atoms in total. The fourth-order valence-corrected chi connectivity index (χ4v) is 3.50. The Morgan fingerprint density at radius 3 is 2.61 bits per heavy atom. The van der Waals surface area contributed by atoms with Crippen molar-refractivity contribution in [1.82, 2.24) is 10.2 Å². The summed E-state index contributed by atoms with van der Waals surface area (Å²) >= 11 is 0. The number of aromatic carboxylic acids is 1. The lowest BCUT2D eigenvalue weighted by atomic mass is 9.94. The second-order valence-electron chi connectivity index (χ2n) is 6.98. The Bertz CT molecular complexity index is 838. The van der Waals surface area contributed by atoms with E-state index < -0.39 is 17.7 Å². The van der Waals surface area contributed by atoms with E-state index in [4.69, 9.17) is 9.84 Å². The highest BCUT2D eigenvalue weighted by Crippen LogP contribution is 2.35. The molecule has 1 fully saturated rings. The molecule has 8 heteroatoms. The summed E-state index contributed by atoms with van der Waals surface area (Å²) in [6, 6.07) is 5.13. The molecule has 1 aromatic heterocycles. The van der Waals surface area contributed by atoms with Gasteiger partial charge in [-0.25, -0.2) is 4.79 Å². The number of rotatable bonds is 5. The van der Waals surface area contributed by atoms with Gasteiger partial charge in [0.2, 0.25) is 0 Å². The molecule has 2 heterocycles. The predicted molar refractivity (Wildman–Crippen MR) is 95.0 cm³/mol. The molecule has 1 N–H and O–H groups in total. The van der Waals surface area contributed by atoms with E-state index in [1.54, 1.807) is 13.1 Å². The van der Waals surface area contributed by atoms with Crippen molar-refractivity contribution in [2.24, 2.45) is 0 Å². The molecule has 1 aromatic carbocycles. The minimum Gasteiger partial charge on any atom is -0.476 e. The summed E-state index contributed by atoms with van der Waals surface area (Å²) in [6.07, 6.45) is 0.784. The topological polar surface area (TPSA) is 72.3 Å². The highest BCUT2D eigenvalue weighted by molar-refractivity contribution is 5.87. The van der Waals surface area contributed by atoms with Crippen molar-refractivity contribution in [2.45, 2.75) is 57.4 Å². The maximum atomic E-state index is 12.7. The maximum absolute atomic E-state index is 12.7. The summed E-state index contributed by atoms with van der Waals surface area (Å²) in [7, 11) is 0. The minimum atomic E-state index is -4.35. The van der Waals surface area contributed by atoms with E-state index in [-0.39, 0.29) is 17.9 Å². The lowest BCUT2D eigenvalue weighted by Crippen LogP contribution is -2.23. The van der Waals surface area contributed by atoms with E-state index in [0.29, 0.717) is 18.4 Å². The van der Waals surface area contributed by atoms with Gasteiger partial charge in [-0.3, -0.25) is 0 Å². The van der Waals surface area contributed by atoms with Crippen LogP contribution in [0, 0.1) is 6.92 Å². The lowest BCUT2D eigenvalue weighted by molar-refractivity contribution is -0.137. The second kappa shape index (κ2) is 8.26. The summed E-state index contributed by atoms with van der Waals surface area (Å²) in [6.45, 7) is 1.71. The van der Waals surface area contributed by atoms with Gasteiger partial charge in [-0.2, -0.15) is 18.3 Å². The van der Waals surface area contributed by atoms with Gasteiger partial charge < -0.3 is 9.84 Å². The molecule has 0 amide bonds. The van der Waals surface area contributed by atoms with Gasteiger partial charge in [0.1, 0.15) is 0 Å². The van der Waals surface area contributed by atoms with E-state index in [1.807, 2.05) is 0 Å². The van der Waals surface area contributed by atoms with Crippen LogP contribution >= 0.6 is 0 Å². The Labute approximate surface area is 160 Å². The number of carbonyl (C=O) groups is 1. The first-order valence-electron chi connectivity index (χ1n) is 9.12. The van der Waals surface area contributed by atoms with Crippen molar-refractivity contribution in [3.05, 3.63) is 58.4 Å². The predicted octanol–water partition coefficient (Wildman–Crippen LogP) is 4.75. The molecular weight excluding hydrogens is 373 g/mol. The third kappa shape index (κ3) is 4.67. The molecule has 0 spiro atoms. The van der Waals surface area contributed by atoms with Crippen LogP contribution in [0.1, 0.15) is 64.5 Å². The molecule has 1 aliphatic heterocycles. The van der Waals surface area contributed by atoms with Crippen LogP contribution in [0.5, 0.6) is 0 Å². The Morgan fingerprint density at radius 2 is 1.96 bits per heavy atom. The number of carboxylic acid groups (broad SMARTS) is 1. The fraction of sp³-hybridized carbons (Fsp3) is 0.450. The van der Waals surface area contributed by atoms with Crippen LogP contribution in [-0.2, 0) is 17.3 Å². The quantitative estimate of drug-likeness (QED) is 0.793. The number of halogens is 3. The largest absolute Gasteiger partial charge is 0.476 e. The lowest BCUT2D eigenvalue weighted by Gasteiger charge is -2.30. The first-order chi connectivity index (χ1) is 13.3. The number of hydrogen-bond donors (Lipinski definition) is 1. The normalized spacial score (nSPS) is 20.1. The summed E-state index contributed by atoms with van der Waals surface area (Å²) in [5.74, 6) is -1.11. The molecule has 0 saturated carbocycles. The van der Waals surface area contributed by atoms with Crippen LogP contribution in [-0.4, -0.2) is 27.4 Å². The molecule has 1 saturated heterocycles. The van der Waals surface area contributed by atoms with Crippen molar-refractivity contribution in [3.63, 3.8) is 0 Å². The first-order valence-corrected chi connectivity index (χ1v) is 9.12. The fourth-order valence-electron chi connectivity index (χ4n) is 3.50. The van der Waals surface area contributed by atoms with Crippen LogP contribution in [0.25, 0.3) is 0 Å². The molecule has 0 radical (unpaired) electrons. The van der Waals surface area contributed by atoms with Crippen molar-refractivity contribution in [2.75, 3.05) is 0 Å². The number of ether oxygens (including phenoxy) is 1. The number of benzene rings is 1. The Kier molecular flexibility index (Phi) is 5.98. The molecule has 2 atom stereocenters. The van der Waals surface area contributed by atoms with E-state index in [9.17, 15) is 18.0 Å². The van der Waals surface area contributed by atoms with Crippen LogP contribution in [0.3, 0.4) is 0 Å². The van der Waals surface area contributed by atoms with Crippen molar-refractivity contribution in [1.29, 1.82) is 0 Å². The van der Waals surface area contributed by atoms with Gasteiger partial charge >= 0.3 is 12.1 Å². The smallest absolute Gasteiger partial charge is 0.416 e. The molecular formula is C20H21F3N2O3. The highest BCUT2D eigenvalue weighted by Gasteiger charge is 2.31. The van der Waals surface area contributed by atoms with Gasteiger partial charge in [-0.05, 0) is 67.9 Å². The van der Waals surface area contributed by atoms with E-state index in [1.165, 1.54) is 12.1 Å². The van der Waals surface area contributed by atoms with E-state index >= 15 is 0 Å². The number of nitrogens with zero attached hydrogens (tertiary/aromatic N) is 2. The number of aryl methyl sites for hydroxylation is 1. The highest BCUT2D eigenvalue weighted by atomic mass is 19.4. The van der Waals surface area contributed by atoms with Gasteiger partial charge in [-0.15, -0.1) is 5.10 Å². The average Bonchev–Trinajstić information content (AvgIpc) is 2.66. The summed E-state index contributed by atoms with van der Waals surface area (Å²) in [5, 5.41) is 16.5. The van der Waals surface area contributed by atoms with Gasteiger partial charge in [0, 0.05) is 0 Å². The summed E-state index contributed by atoms with van der Waals surface area (Å²) in [4.78, 5) is 11.2.